The third-order valence-corrected chi connectivity index (χ3v) is 6.79. The minimum absolute atomic E-state index is 0.0449. The van der Waals surface area contributed by atoms with E-state index in [2.05, 4.69) is 24.7 Å². The second-order valence-corrected chi connectivity index (χ2v) is 10.0. The van der Waals surface area contributed by atoms with Crippen LogP contribution in [-0.4, -0.2) is 88.4 Å². The monoisotopic (exact) mass is 692 g/mol. The first-order valence-electron chi connectivity index (χ1n) is 13.1. The molecule has 3 heterocycles. The van der Waals surface area contributed by atoms with Crippen molar-refractivity contribution >= 4 is 58.1 Å². The number of fused-ring (bicyclic) bond motifs is 1. The zero-order valence-electron chi connectivity index (χ0n) is 24.2. The van der Waals surface area contributed by atoms with E-state index in [1.807, 2.05) is 0 Å². The summed E-state index contributed by atoms with van der Waals surface area (Å²) >= 11 is 11.3. The lowest BCUT2D eigenvalue weighted by Gasteiger charge is -2.40. The lowest BCUT2D eigenvalue weighted by molar-refractivity contribution is -0.384. The van der Waals surface area contributed by atoms with E-state index in [9.17, 15) is 46.0 Å². The van der Waals surface area contributed by atoms with Crippen molar-refractivity contribution in [1.82, 2.24) is 19.9 Å². The molecule has 1 aliphatic rings. The number of alkyl halides is 6. The fourth-order valence-corrected chi connectivity index (χ4v) is 4.57. The number of nitro groups is 1. The number of rotatable bonds is 10. The number of carbonyl (C=O) groups excluding carboxylic acids is 2. The molecular formula is C24H28Cl2F6N8O5. The molecule has 1 amide bonds. The Bertz CT molecular complexity index is 1370. The maximum Gasteiger partial charge on any atom is 0.390 e. The van der Waals surface area contributed by atoms with E-state index in [0.717, 1.165) is 18.2 Å². The summed E-state index contributed by atoms with van der Waals surface area (Å²) in [6.45, 7) is 2.19. The van der Waals surface area contributed by atoms with Crippen molar-refractivity contribution in [2.75, 3.05) is 41.9 Å². The summed E-state index contributed by atoms with van der Waals surface area (Å²) in [5.74, 6) is -1.34. The Hall–Kier alpha value is -3.74. The quantitative estimate of drug-likeness (QED) is 0.104. The molecule has 2 atom stereocenters. The molecule has 0 aromatic carbocycles. The smallest absolute Gasteiger partial charge is 0.390 e. The number of aromatic nitrogens is 4. The third kappa shape index (κ3) is 10.1. The number of hydrogen-bond acceptors (Lipinski definition) is 11. The van der Waals surface area contributed by atoms with Gasteiger partial charge in [0, 0.05) is 20.1 Å². The molecule has 0 spiro atoms. The Labute approximate surface area is 262 Å². The molecule has 0 saturated carbocycles. The third-order valence-electron chi connectivity index (χ3n) is 6.43. The first-order chi connectivity index (χ1) is 20.8. The highest BCUT2D eigenvalue weighted by Crippen LogP contribution is 2.36. The Morgan fingerprint density at radius 2 is 1.67 bits per heavy atom. The lowest BCUT2D eigenvalue weighted by Crippen LogP contribution is -2.53. The van der Waals surface area contributed by atoms with Gasteiger partial charge in [0.25, 0.3) is 0 Å². The van der Waals surface area contributed by atoms with Gasteiger partial charge in [0.15, 0.2) is 5.82 Å². The standard InChI is InChI=1S/C12H14ClF3N4O4.C12H14ClF3N4O/c1-3-7(10(21)24-2)19(5-4-12(14,15)16)9-8(20(22)23)6-17-11(13)18-9;1-3-7-10(21)19(2)8-6-17-11(13)18-9(8)20(7)5-4-12(14,15)16/h6-7H,3-5H2,1-2H3;6-7H,3-5H2,1-2H3/t2*7-/m11/s1. The number of likely N-dealkylation sites (N-methyl/N-ethyl adjacent to an activating group) is 1. The molecule has 13 nitrogen and oxygen atoms in total. The number of carbonyl (C=O) groups is 2. The van der Waals surface area contributed by atoms with Gasteiger partial charge in [0.2, 0.25) is 22.3 Å². The molecule has 0 aliphatic carbocycles. The first-order valence-corrected chi connectivity index (χ1v) is 13.8. The van der Waals surface area contributed by atoms with Crippen LogP contribution in [0.2, 0.25) is 10.6 Å². The molecule has 45 heavy (non-hydrogen) atoms. The van der Waals surface area contributed by atoms with Gasteiger partial charge in [-0.1, -0.05) is 13.8 Å². The number of hydrogen-bond donors (Lipinski definition) is 0. The Morgan fingerprint density at radius 1 is 1.09 bits per heavy atom. The van der Waals surface area contributed by atoms with Gasteiger partial charge < -0.3 is 19.4 Å². The van der Waals surface area contributed by atoms with Crippen LogP contribution in [0.1, 0.15) is 39.5 Å². The van der Waals surface area contributed by atoms with Crippen LogP contribution < -0.4 is 14.7 Å². The molecule has 3 rings (SSSR count). The molecule has 0 N–H and O–H groups in total. The first kappa shape index (κ1) is 37.4. The van der Waals surface area contributed by atoms with E-state index >= 15 is 0 Å². The van der Waals surface area contributed by atoms with E-state index in [1.54, 1.807) is 14.0 Å². The van der Waals surface area contributed by atoms with Gasteiger partial charge in [0.05, 0.1) is 31.1 Å². The maximum atomic E-state index is 12.6. The average molecular weight is 693 g/mol. The number of nitrogens with zero attached hydrogens (tertiary/aromatic N) is 8. The van der Waals surface area contributed by atoms with Crippen LogP contribution in [0, 0.1) is 10.1 Å². The van der Waals surface area contributed by atoms with Crippen molar-refractivity contribution < 1.29 is 45.6 Å². The minimum atomic E-state index is -4.53. The highest BCUT2D eigenvalue weighted by atomic mass is 35.5. The summed E-state index contributed by atoms with van der Waals surface area (Å²) in [6.07, 6.45) is -8.63. The number of esters is 1. The fraction of sp³-hybridized carbons (Fsp3) is 0.583. The van der Waals surface area contributed by atoms with E-state index in [4.69, 9.17) is 23.2 Å². The van der Waals surface area contributed by atoms with Crippen LogP contribution in [-0.2, 0) is 14.3 Å². The number of halogens is 8. The minimum Gasteiger partial charge on any atom is -0.467 e. The van der Waals surface area contributed by atoms with E-state index in [1.165, 1.54) is 22.9 Å². The summed E-state index contributed by atoms with van der Waals surface area (Å²) in [5.41, 5.74) is -0.305. The van der Waals surface area contributed by atoms with Crippen LogP contribution in [0.5, 0.6) is 0 Å². The second kappa shape index (κ2) is 15.5. The fourth-order valence-electron chi connectivity index (χ4n) is 4.31. The van der Waals surface area contributed by atoms with Crippen molar-refractivity contribution in [3.05, 3.63) is 33.1 Å². The molecule has 2 aromatic heterocycles. The summed E-state index contributed by atoms with van der Waals surface area (Å²) in [5, 5.41) is 10.6. The van der Waals surface area contributed by atoms with E-state index in [-0.39, 0.29) is 30.0 Å². The maximum absolute atomic E-state index is 12.6. The molecule has 21 heteroatoms. The van der Waals surface area contributed by atoms with Crippen molar-refractivity contribution in [3.8, 4) is 0 Å². The molecule has 0 bridgehead atoms. The normalized spacial score (nSPS) is 15.6. The van der Waals surface area contributed by atoms with Gasteiger partial charge >= 0.3 is 24.0 Å². The Balaban J connectivity index is 0.000000316. The topological polar surface area (TPSA) is 148 Å². The summed E-state index contributed by atoms with van der Waals surface area (Å²) in [6, 6.07) is -1.88. The van der Waals surface area contributed by atoms with Crippen LogP contribution >= 0.6 is 23.2 Å². The molecule has 0 fully saturated rings. The SMILES string of the molecule is CC[C@@H]1C(=O)N(C)c2cnc(Cl)nc2N1CCC(F)(F)F.CC[C@H](C(=O)OC)N(CCC(F)(F)F)c1nc(Cl)ncc1[N+](=O)[O-]. The molecule has 250 valence electrons. The molecular weight excluding hydrogens is 665 g/mol. The van der Waals surface area contributed by atoms with Crippen LogP contribution in [0.25, 0.3) is 0 Å². The zero-order valence-corrected chi connectivity index (χ0v) is 25.7. The van der Waals surface area contributed by atoms with Gasteiger partial charge in [-0.15, -0.1) is 0 Å². The average Bonchev–Trinajstić information content (AvgIpc) is 2.95. The van der Waals surface area contributed by atoms with Gasteiger partial charge in [-0.2, -0.15) is 36.3 Å². The number of methoxy groups -OCH3 is 1. The number of anilines is 3. The summed E-state index contributed by atoms with van der Waals surface area (Å²) in [7, 11) is 2.61. The van der Waals surface area contributed by atoms with E-state index < -0.39 is 71.5 Å². The summed E-state index contributed by atoms with van der Waals surface area (Å²) < 4.78 is 79.8. The van der Waals surface area contributed by atoms with Gasteiger partial charge in [-0.25, -0.2) is 14.8 Å². The highest BCUT2D eigenvalue weighted by Gasteiger charge is 2.39. The van der Waals surface area contributed by atoms with Gasteiger partial charge in [-0.3, -0.25) is 14.9 Å². The molecule has 0 radical (unpaired) electrons. The van der Waals surface area contributed by atoms with Crippen molar-refractivity contribution in [3.63, 3.8) is 0 Å². The number of amides is 1. The largest absolute Gasteiger partial charge is 0.467 e. The van der Waals surface area contributed by atoms with Crippen LogP contribution in [0.4, 0.5) is 49.4 Å². The van der Waals surface area contributed by atoms with Crippen molar-refractivity contribution in [2.45, 2.75) is 64.0 Å². The predicted octanol–water partition coefficient (Wildman–Crippen LogP) is 5.39. The molecule has 2 aromatic rings. The van der Waals surface area contributed by atoms with Crippen LogP contribution in [0.15, 0.2) is 12.4 Å². The van der Waals surface area contributed by atoms with Crippen LogP contribution in [0.3, 0.4) is 0 Å². The van der Waals surface area contributed by atoms with Gasteiger partial charge in [-0.05, 0) is 36.0 Å². The van der Waals surface area contributed by atoms with Crippen molar-refractivity contribution in [1.29, 1.82) is 0 Å². The summed E-state index contributed by atoms with van der Waals surface area (Å²) in [4.78, 5) is 52.8. The van der Waals surface area contributed by atoms with Crippen molar-refractivity contribution in [2.24, 2.45) is 0 Å². The lowest BCUT2D eigenvalue weighted by atomic mass is 10.1. The zero-order chi connectivity index (χ0) is 34.3. The van der Waals surface area contributed by atoms with Gasteiger partial charge in [0.1, 0.15) is 24.0 Å². The molecule has 0 unspecified atom stereocenters. The predicted molar refractivity (Wildman–Crippen MR) is 150 cm³/mol. The Kier molecular flexibility index (Phi) is 12.9. The molecule has 0 saturated heterocycles. The molecule has 1 aliphatic heterocycles. The number of ether oxygens (including phenoxy) is 1. The highest BCUT2D eigenvalue weighted by molar-refractivity contribution is 6.28. The van der Waals surface area contributed by atoms with E-state index in [0.29, 0.717) is 12.1 Å². The Morgan fingerprint density at radius 3 is 2.18 bits per heavy atom. The second-order valence-electron chi connectivity index (χ2n) is 9.34.